The first-order chi connectivity index (χ1) is 10.2. The Hall–Kier alpha value is -1.81. The minimum atomic E-state index is -0.0168. The van der Waals surface area contributed by atoms with E-state index in [0.29, 0.717) is 0 Å². The first-order valence-electron chi connectivity index (χ1n) is 6.15. The van der Waals surface area contributed by atoms with Crippen molar-refractivity contribution in [2.24, 2.45) is 0 Å². The topological polar surface area (TPSA) is 53.5 Å². The van der Waals surface area contributed by atoms with E-state index in [1.165, 1.54) is 6.21 Å². The molecule has 1 rings (SSSR count). The van der Waals surface area contributed by atoms with Crippen molar-refractivity contribution < 1.29 is 9.58 Å². The van der Waals surface area contributed by atoms with Crippen molar-refractivity contribution in [3.05, 3.63) is 63.4 Å². The van der Waals surface area contributed by atoms with Crippen LogP contribution in [0.2, 0.25) is 0 Å². The zero-order valence-electron chi connectivity index (χ0n) is 11.9. The molecule has 3 nitrogen and oxygen atoms in total. The Bertz CT molecular complexity index is 604. The second-order valence-corrected chi connectivity index (χ2v) is 5.85. The summed E-state index contributed by atoms with van der Waals surface area (Å²) in [6.07, 6.45) is 13.7. The maximum atomic E-state index is 11.7. The van der Waals surface area contributed by atoms with E-state index in [2.05, 4.69) is 4.79 Å². The summed E-state index contributed by atoms with van der Waals surface area (Å²) in [5.41, 5.74) is 10.2. The van der Waals surface area contributed by atoms with Crippen LogP contribution < -0.4 is 0 Å². The molecule has 0 N–H and O–H groups in total. The van der Waals surface area contributed by atoms with E-state index in [4.69, 9.17) is 5.53 Å². The van der Waals surface area contributed by atoms with Crippen molar-refractivity contribution in [2.75, 3.05) is 12.5 Å². The third-order valence-electron chi connectivity index (χ3n) is 2.48. The van der Waals surface area contributed by atoms with E-state index in [1.54, 1.807) is 47.8 Å². The van der Waals surface area contributed by atoms with Crippen LogP contribution in [0.3, 0.4) is 0 Å². The van der Waals surface area contributed by atoms with Crippen LogP contribution in [0.1, 0.15) is 11.1 Å². The van der Waals surface area contributed by atoms with Crippen molar-refractivity contribution >= 4 is 47.7 Å². The van der Waals surface area contributed by atoms with Crippen LogP contribution in [0.5, 0.6) is 0 Å². The number of nitrogens with zero attached hydrogens (tertiary/aromatic N) is 2. The molecule has 1 aromatic rings. The van der Waals surface area contributed by atoms with E-state index in [9.17, 15) is 4.79 Å². The zero-order chi connectivity index (χ0) is 15.5. The van der Waals surface area contributed by atoms with E-state index in [-0.39, 0.29) is 5.78 Å². The Balaban J connectivity index is 2.71. The lowest BCUT2D eigenvalue weighted by molar-refractivity contribution is -0.110. The van der Waals surface area contributed by atoms with Gasteiger partial charge in [-0.1, -0.05) is 30.3 Å². The number of carbonyl (C=O) groups is 1. The minimum absolute atomic E-state index is 0.0168. The molecule has 0 aliphatic heterocycles. The highest BCUT2D eigenvalue weighted by molar-refractivity contribution is 8.21. The number of ketones is 1. The van der Waals surface area contributed by atoms with Crippen LogP contribution in [-0.4, -0.2) is 29.3 Å². The van der Waals surface area contributed by atoms with Crippen molar-refractivity contribution in [1.29, 1.82) is 0 Å². The van der Waals surface area contributed by atoms with E-state index < -0.39 is 0 Å². The van der Waals surface area contributed by atoms with E-state index in [0.717, 1.165) is 15.4 Å². The van der Waals surface area contributed by atoms with Crippen LogP contribution >= 0.6 is 23.5 Å². The number of allylic oxidation sites excluding steroid dienone is 3. The SMILES string of the molecule is CSC(=CC(=O)/C=C/c1ccc(/C=C/C=[N+]=[N-])cc1)SC. The number of rotatable bonds is 7. The van der Waals surface area contributed by atoms with Crippen LogP contribution in [0.15, 0.2) is 46.7 Å². The van der Waals surface area contributed by atoms with Gasteiger partial charge in [0, 0.05) is 16.4 Å². The normalized spacial score (nSPS) is 10.6. The van der Waals surface area contributed by atoms with Gasteiger partial charge < -0.3 is 5.53 Å². The third kappa shape index (κ3) is 6.95. The maximum absolute atomic E-state index is 11.7. The monoisotopic (exact) mass is 316 g/mol. The van der Waals surface area contributed by atoms with Gasteiger partial charge >= 0.3 is 0 Å². The fraction of sp³-hybridized carbons (Fsp3) is 0.125. The van der Waals surface area contributed by atoms with Crippen LogP contribution in [0, 0.1) is 0 Å². The van der Waals surface area contributed by atoms with Gasteiger partial charge in [0.2, 0.25) is 0 Å². The largest absolute Gasteiger partial charge is 0.362 e. The summed E-state index contributed by atoms with van der Waals surface area (Å²) in [6, 6.07) is 7.70. The molecule has 0 aromatic heterocycles. The van der Waals surface area contributed by atoms with Gasteiger partial charge in [0.05, 0.1) is 0 Å². The van der Waals surface area contributed by atoms with Gasteiger partial charge in [0.25, 0.3) is 6.21 Å². The molecular weight excluding hydrogens is 300 g/mol. The summed E-state index contributed by atoms with van der Waals surface area (Å²) in [6.45, 7) is 0. The Morgan fingerprint density at radius 1 is 1.10 bits per heavy atom. The van der Waals surface area contributed by atoms with Crippen LogP contribution in [-0.2, 0) is 4.79 Å². The van der Waals surface area contributed by atoms with Gasteiger partial charge in [-0.25, -0.2) is 0 Å². The molecule has 0 spiro atoms. The number of carbonyl (C=O) groups excluding carboxylic acids is 1. The predicted octanol–water partition coefficient (Wildman–Crippen LogP) is 4.15. The second-order valence-electron chi connectivity index (χ2n) is 3.90. The number of hydrogen-bond acceptors (Lipinski definition) is 3. The number of hydrogen-bond donors (Lipinski definition) is 0. The highest BCUT2D eigenvalue weighted by Gasteiger charge is 1.96. The number of thioether (sulfide) groups is 2. The lowest BCUT2D eigenvalue weighted by Gasteiger charge is -1.97. The summed E-state index contributed by atoms with van der Waals surface area (Å²) in [4.78, 5) is 14.6. The van der Waals surface area contributed by atoms with Gasteiger partial charge in [0.15, 0.2) is 5.78 Å². The molecule has 21 heavy (non-hydrogen) atoms. The summed E-state index contributed by atoms with van der Waals surface area (Å²) in [5, 5.41) is 0. The van der Waals surface area contributed by atoms with Crippen LogP contribution in [0.25, 0.3) is 17.7 Å². The lowest BCUT2D eigenvalue weighted by Crippen LogP contribution is -1.86. The molecule has 5 heteroatoms. The second kappa shape index (κ2) is 10.00. The van der Waals surface area contributed by atoms with Gasteiger partial charge in [-0.2, -0.15) is 4.79 Å². The van der Waals surface area contributed by atoms with Crippen molar-refractivity contribution in [3.63, 3.8) is 0 Å². The fourth-order valence-corrected chi connectivity index (χ4v) is 2.59. The Morgan fingerprint density at radius 3 is 2.19 bits per heavy atom. The molecule has 0 amide bonds. The summed E-state index contributed by atoms with van der Waals surface area (Å²) < 4.78 is 0.996. The first-order valence-corrected chi connectivity index (χ1v) is 8.60. The summed E-state index contributed by atoms with van der Waals surface area (Å²) >= 11 is 3.13. The average molecular weight is 316 g/mol. The van der Waals surface area contributed by atoms with E-state index >= 15 is 0 Å². The van der Waals surface area contributed by atoms with Gasteiger partial charge in [-0.05, 0) is 35.8 Å². The molecule has 0 bridgehead atoms. The molecule has 0 atom stereocenters. The average Bonchev–Trinajstić information content (AvgIpc) is 2.52. The maximum Gasteiger partial charge on any atom is 0.280 e. The van der Waals surface area contributed by atoms with Crippen LogP contribution in [0.4, 0.5) is 0 Å². The Kier molecular flexibility index (Phi) is 8.21. The zero-order valence-corrected chi connectivity index (χ0v) is 13.5. The molecule has 0 heterocycles. The first kappa shape index (κ1) is 17.2. The van der Waals surface area contributed by atoms with Gasteiger partial charge in [0.1, 0.15) is 0 Å². The molecule has 1 aromatic carbocycles. The molecular formula is C16H16N2OS2. The molecule has 0 unspecified atom stereocenters. The lowest BCUT2D eigenvalue weighted by atomic mass is 10.1. The quantitative estimate of drug-likeness (QED) is 0.329. The Labute approximate surface area is 133 Å². The van der Waals surface area contributed by atoms with Crippen molar-refractivity contribution in [1.82, 2.24) is 0 Å². The summed E-state index contributed by atoms with van der Waals surface area (Å²) in [7, 11) is 0. The highest BCUT2D eigenvalue weighted by Crippen LogP contribution is 2.23. The van der Waals surface area contributed by atoms with Gasteiger partial charge in [-0.3, -0.25) is 4.79 Å². The molecule has 0 fully saturated rings. The Morgan fingerprint density at radius 2 is 1.67 bits per heavy atom. The molecule has 108 valence electrons. The predicted molar refractivity (Wildman–Crippen MR) is 94.3 cm³/mol. The minimum Gasteiger partial charge on any atom is -0.362 e. The molecule has 0 radical (unpaired) electrons. The van der Waals surface area contributed by atoms with E-state index in [1.807, 2.05) is 42.9 Å². The van der Waals surface area contributed by atoms with Gasteiger partial charge in [-0.15, -0.1) is 23.5 Å². The fourth-order valence-electron chi connectivity index (χ4n) is 1.45. The molecule has 0 saturated heterocycles. The van der Waals surface area contributed by atoms with Crippen molar-refractivity contribution in [3.8, 4) is 0 Å². The molecule has 0 aliphatic rings. The third-order valence-corrected chi connectivity index (χ3v) is 4.52. The smallest absolute Gasteiger partial charge is 0.280 e. The molecule has 0 aliphatic carbocycles. The van der Waals surface area contributed by atoms with Crippen molar-refractivity contribution in [2.45, 2.75) is 0 Å². The number of benzene rings is 1. The molecule has 0 saturated carbocycles. The standard InChI is InChI=1S/C16H16N2OS2/c1-20-16(21-2)12-15(19)10-9-14-7-5-13(6-8-14)4-3-11-18-17/h3-12H,1-2H3/b4-3+,10-9+. The highest BCUT2D eigenvalue weighted by atomic mass is 32.2. The summed E-state index contributed by atoms with van der Waals surface area (Å²) in [5.74, 6) is -0.0168.